The summed E-state index contributed by atoms with van der Waals surface area (Å²) >= 11 is 0. The van der Waals surface area contributed by atoms with E-state index in [0.717, 1.165) is 22.3 Å². The van der Waals surface area contributed by atoms with Crippen molar-refractivity contribution in [2.24, 2.45) is 0 Å². The molecule has 0 aromatic heterocycles. The standard InChI is InChI=1S/C18H19F/c1-5-6-15-14(4)9-13(3)10-17(15)16-8-7-12(2)11-18(16)19/h5-11H,1-4H3/b6-5+. The van der Waals surface area contributed by atoms with Crippen LogP contribution in [-0.4, -0.2) is 0 Å². The lowest BCUT2D eigenvalue weighted by Crippen LogP contribution is -1.93. The molecule has 0 aliphatic heterocycles. The molecule has 0 unspecified atom stereocenters. The van der Waals surface area contributed by atoms with Gasteiger partial charge in [0.05, 0.1) is 0 Å². The van der Waals surface area contributed by atoms with Gasteiger partial charge in [0.15, 0.2) is 0 Å². The van der Waals surface area contributed by atoms with Crippen molar-refractivity contribution < 1.29 is 4.39 Å². The number of aryl methyl sites for hydroxylation is 3. The summed E-state index contributed by atoms with van der Waals surface area (Å²) in [5.74, 6) is -0.157. The van der Waals surface area contributed by atoms with Crippen LogP contribution in [0, 0.1) is 26.6 Å². The molecule has 98 valence electrons. The van der Waals surface area contributed by atoms with Crippen LogP contribution in [0.25, 0.3) is 17.2 Å². The molecule has 19 heavy (non-hydrogen) atoms. The molecule has 1 heteroatoms. The number of hydrogen-bond donors (Lipinski definition) is 0. The van der Waals surface area contributed by atoms with E-state index in [0.29, 0.717) is 5.56 Å². The summed E-state index contributed by atoms with van der Waals surface area (Å²) in [7, 11) is 0. The topological polar surface area (TPSA) is 0 Å². The van der Waals surface area contributed by atoms with Crippen LogP contribution < -0.4 is 0 Å². The summed E-state index contributed by atoms with van der Waals surface area (Å²) in [6, 6.07) is 9.59. The van der Waals surface area contributed by atoms with Gasteiger partial charge in [-0.3, -0.25) is 0 Å². The van der Waals surface area contributed by atoms with Crippen LogP contribution >= 0.6 is 0 Å². The highest BCUT2D eigenvalue weighted by molar-refractivity contribution is 5.78. The molecule has 0 heterocycles. The van der Waals surface area contributed by atoms with Crippen LogP contribution in [0.15, 0.2) is 36.4 Å². The van der Waals surface area contributed by atoms with Crippen molar-refractivity contribution in [2.75, 3.05) is 0 Å². The minimum atomic E-state index is -0.157. The Morgan fingerprint density at radius 3 is 2.26 bits per heavy atom. The van der Waals surface area contributed by atoms with E-state index in [1.807, 2.05) is 45.1 Å². The highest BCUT2D eigenvalue weighted by Gasteiger charge is 2.11. The molecule has 0 N–H and O–H groups in total. The third-order valence-electron chi connectivity index (χ3n) is 3.28. The van der Waals surface area contributed by atoms with Crippen molar-refractivity contribution in [3.63, 3.8) is 0 Å². The molecule has 2 aromatic rings. The Balaban J connectivity index is 2.73. The molecule has 0 atom stereocenters. The summed E-state index contributed by atoms with van der Waals surface area (Å²) in [6.45, 7) is 8.00. The van der Waals surface area contributed by atoms with E-state index in [4.69, 9.17) is 0 Å². The Bertz CT molecular complexity index is 636. The van der Waals surface area contributed by atoms with Crippen LogP contribution in [-0.2, 0) is 0 Å². The van der Waals surface area contributed by atoms with E-state index in [9.17, 15) is 4.39 Å². The van der Waals surface area contributed by atoms with E-state index < -0.39 is 0 Å². The van der Waals surface area contributed by atoms with E-state index in [2.05, 4.69) is 19.1 Å². The summed E-state index contributed by atoms with van der Waals surface area (Å²) in [4.78, 5) is 0. The number of benzene rings is 2. The average molecular weight is 254 g/mol. The number of hydrogen-bond acceptors (Lipinski definition) is 0. The fourth-order valence-corrected chi connectivity index (χ4v) is 2.43. The minimum absolute atomic E-state index is 0.157. The zero-order valence-corrected chi connectivity index (χ0v) is 11.9. The SMILES string of the molecule is C/C=C/c1c(C)cc(C)cc1-c1ccc(C)cc1F. The van der Waals surface area contributed by atoms with Crippen LogP contribution in [0.2, 0.25) is 0 Å². The lowest BCUT2D eigenvalue weighted by molar-refractivity contribution is 0.630. The normalized spacial score (nSPS) is 11.2. The predicted octanol–water partition coefficient (Wildman–Crippen LogP) is 5.45. The molecule has 0 bridgehead atoms. The Labute approximate surface area is 114 Å². The van der Waals surface area contributed by atoms with Crippen LogP contribution in [0.3, 0.4) is 0 Å². The molecule has 0 spiro atoms. The monoisotopic (exact) mass is 254 g/mol. The third kappa shape index (κ3) is 2.76. The molecule has 0 aliphatic rings. The molecule has 0 fully saturated rings. The third-order valence-corrected chi connectivity index (χ3v) is 3.28. The summed E-state index contributed by atoms with van der Waals surface area (Å²) < 4.78 is 14.2. The average Bonchev–Trinajstić information content (AvgIpc) is 2.32. The highest BCUT2D eigenvalue weighted by atomic mass is 19.1. The zero-order chi connectivity index (χ0) is 14.0. The van der Waals surface area contributed by atoms with E-state index in [-0.39, 0.29) is 5.82 Å². The summed E-state index contributed by atoms with van der Waals surface area (Å²) in [5.41, 5.74) is 6.00. The van der Waals surface area contributed by atoms with Gasteiger partial charge >= 0.3 is 0 Å². The van der Waals surface area contributed by atoms with Gasteiger partial charge in [-0.05, 0) is 56.0 Å². The summed E-state index contributed by atoms with van der Waals surface area (Å²) in [5, 5.41) is 0. The van der Waals surface area contributed by atoms with Crippen LogP contribution in [0.1, 0.15) is 29.2 Å². The number of allylic oxidation sites excluding steroid dienone is 1. The Morgan fingerprint density at radius 2 is 1.63 bits per heavy atom. The van der Waals surface area contributed by atoms with E-state index >= 15 is 0 Å². The molecule has 0 saturated carbocycles. The first kappa shape index (κ1) is 13.5. The minimum Gasteiger partial charge on any atom is -0.206 e. The molecule has 0 amide bonds. The lowest BCUT2D eigenvalue weighted by Gasteiger charge is -2.13. The molecule has 0 radical (unpaired) electrons. The largest absolute Gasteiger partial charge is 0.206 e. The predicted molar refractivity (Wildman–Crippen MR) is 80.8 cm³/mol. The van der Waals surface area contributed by atoms with Gasteiger partial charge in [-0.25, -0.2) is 4.39 Å². The molecule has 0 nitrogen and oxygen atoms in total. The highest BCUT2D eigenvalue weighted by Crippen LogP contribution is 2.31. The zero-order valence-electron chi connectivity index (χ0n) is 11.9. The smallest absolute Gasteiger partial charge is 0.131 e. The van der Waals surface area contributed by atoms with E-state index in [1.54, 1.807) is 6.07 Å². The van der Waals surface area contributed by atoms with Gasteiger partial charge in [-0.1, -0.05) is 42.0 Å². The maximum Gasteiger partial charge on any atom is 0.131 e. The van der Waals surface area contributed by atoms with Gasteiger partial charge in [0.1, 0.15) is 5.82 Å². The van der Waals surface area contributed by atoms with Gasteiger partial charge in [0, 0.05) is 5.56 Å². The fraction of sp³-hybridized carbons (Fsp3) is 0.222. The first-order valence-electron chi connectivity index (χ1n) is 6.53. The maximum absolute atomic E-state index is 14.2. The first-order valence-corrected chi connectivity index (χ1v) is 6.53. The van der Waals surface area contributed by atoms with Crippen molar-refractivity contribution in [3.8, 4) is 11.1 Å². The molecule has 2 rings (SSSR count). The second-order valence-electron chi connectivity index (χ2n) is 5.03. The maximum atomic E-state index is 14.2. The summed E-state index contributed by atoms with van der Waals surface area (Å²) in [6.07, 6.45) is 4.04. The van der Waals surface area contributed by atoms with Crippen LogP contribution in [0.4, 0.5) is 4.39 Å². The quantitative estimate of drug-likeness (QED) is 0.668. The van der Waals surface area contributed by atoms with Gasteiger partial charge in [-0.15, -0.1) is 0 Å². The first-order chi connectivity index (χ1) is 9.02. The second kappa shape index (κ2) is 5.40. The van der Waals surface area contributed by atoms with Gasteiger partial charge in [-0.2, -0.15) is 0 Å². The number of halogens is 1. The van der Waals surface area contributed by atoms with Crippen molar-refractivity contribution in [1.82, 2.24) is 0 Å². The van der Waals surface area contributed by atoms with Gasteiger partial charge in [0.25, 0.3) is 0 Å². The second-order valence-corrected chi connectivity index (χ2v) is 5.03. The van der Waals surface area contributed by atoms with Crippen molar-refractivity contribution >= 4 is 6.08 Å². The Hall–Kier alpha value is -1.89. The fourth-order valence-electron chi connectivity index (χ4n) is 2.43. The Morgan fingerprint density at radius 1 is 0.895 bits per heavy atom. The van der Waals surface area contributed by atoms with Crippen molar-refractivity contribution in [3.05, 3.63) is 64.5 Å². The lowest BCUT2D eigenvalue weighted by atomic mass is 9.92. The van der Waals surface area contributed by atoms with Gasteiger partial charge in [0.2, 0.25) is 0 Å². The molecular weight excluding hydrogens is 235 g/mol. The van der Waals surface area contributed by atoms with Crippen molar-refractivity contribution in [1.29, 1.82) is 0 Å². The van der Waals surface area contributed by atoms with Gasteiger partial charge < -0.3 is 0 Å². The molecule has 0 aliphatic carbocycles. The number of rotatable bonds is 2. The van der Waals surface area contributed by atoms with E-state index in [1.165, 1.54) is 5.56 Å². The Kier molecular flexibility index (Phi) is 3.84. The van der Waals surface area contributed by atoms with Crippen molar-refractivity contribution in [2.45, 2.75) is 27.7 Å². The molecular formula is C18H19F. The molecule has 0 saturated heterocycles. The van der Waals surface area contributed by atoms with Crippen LogP contribution in [0.5, 0.6) is 0 Å². The molecule has 2 aromatic carbocycles.